The number of nitrogens with two attached hydrogens (primary N) is 1. The number of halogens is 2. The van der Waals surface area contributed by atoms with Gasteiger partial charge < -0.3 is 10.3 Å². The number of aromatic nitrogens is 2. The third kappa shape index (κ3) is 4.00. The molecule has 1 saturated carbocycles. The molecule has 1 aromatic heterocycles. The van der Waals surface area contributed by atoms with Gasteiger partial charge in [0.2, 0.25) is 10.0 Å². The van der Waals surface area contributed by atoms with Crippen LogP contribution in [0.1, 0.15) is 31.5 Å². The predicted molar refractivity (Wildman–Crippen MR) is 94.8 cm³/mol. The predicted octanol–water partition coefficient (Wildman–Crippen LogP) is 2.91. The van der Waals surface area contributed by atoms with Crippen molar-refractivity contribution in [3.63, 3.8) is 0 Å². The van der Waals surface area contributed by atoms with Crippen LogP contribution in [0.2, 0.25) is 5.02 Å². The van der Waals surface area contributed by atoms with Crippen molar-refractivity contribution >= 4 is 39.7 Å². The molecule has 132 valence electrons. The second-order valence-electron chi connectivity index (χ2n) is 5.85. The Morgan fingerprint density at radius 1 is 1.33 bits per heavy atom. The van der Waals surface area contributed by atoms with Crippen LogP contribution in [0.5, 0.6) is 0 Å². The van der Waals surface area contributed by atoms with Gasteiger partial charge in [0, 0.05) is 5.02 Å². The van der Waals surface area contributed by atoms with Gasteiger partial charge in [-0.05, 0) is 31.0 Å². The lowest BCUT2D eigenvalue weighted by Crippen LogP contribution is -2.34. The van der Waals surface area contributed by atoms with Crippen LogP contribution in [0.25, 0.3) is 11.5 Å². The highest BCUT2D eigenvalue weighted by atomic mass is 35.5. The summed E-state index contributed by atoms with van der Waals surface area (Å²) in [5.74, 6) is 0.626. The van der Waals surface area contributed by atoms with Gasteiger partial charge >= 0.3 is 0 Å². The molecule has 0 radical (unpaired) electrons. The maximum Gasteiger partial charge on any atom is 0.260 e. The van der Waals surface area contributed by atoms with E-state index in [0.29, 0.717) is 22.1 Å². The van der Waals surface area contributed by atoms with Gasteiger partial charge in [0.15, 0.2) is 5.82 Å². The summed E-state index contributed by atoms with van der Waals surface area (Å²) in [6.45, 7) is 0. The third-order valence-corrected chi connectivity index (χ3v) is 4.70. The van der Waals surface area contributed by atoms with E-state index in [9.17, 15) is 8.42 Å². The monoisotopic (exact) mass is 392 g/mol. The van der Waals surface area contributed by atoms with Crippen LogP contribution >= 0.6 is 24.0 Å². The first-order chi connectivity index (χ1) is 10.8. The number of sulfonamides is 1. The van der Waals surface area contributed by atoms with Crippen LogP contribution in [0.15, 0.2) is 22.7 Å². The van der Waals surface area contributed by atoms with E-state index in [-0.39, 0.29) is 18.3 Å². The summed E-state index contributed by atoms with van der Waals surface area (Å²) >= 11 is 6.01. The Kier molecular flexibility index (Phi) is 5.44. The van der Waals surface area contributed by atoms with E-state index >= 15 is 0 Å². The molecule has 1 fully saturated rings. The molecule has 0 aliphatic heterocycles. The summed E-state index contributed by atoms with van der Waals surface area (Å²) in [7, 11) is -3.45. The topological polar surface area (TPSA) is 111 Å². The molecule has 10 heteroatoms. The highest BCUT2D eigenvalue weighted by Crippen LogP contribution is 2.37. The van der Waals surface area contributed by atoms with E-state index in [4.69, 9.17) is 21.9 Å². The van der Waals surface area contributed by atoms with Crippen LogP contribution in [-0.4, -0.2) is 24.8 Å². The van der Waals surface area contributed by atoms with Gasteiger partial charge in [-0.2, -0.15) is 4.98 Å². The van der Waals surface area contributed by atoms with Gasteiger partial charge in [0.05, 0.1) is 23.0 Å². The zero-order valence-electron chi connectivity index (χ0n) is 13.0. The molecule has 1 aliphatic rings. The van der Waals surface area contributed by atoms with Crippen molar-refractivity contribution in [2.45, 2.75) is 31.2 Å². The van der Waals surface area contributed by atoms with Crippen LogP contribution in [0.4, 0.5) is 5.69 Å². The number of nitrogens with one attached hydrogen (secondary N) is 1. The summed E-state index contributed by atoms with van der Waals surface area (Å²) in [6.07, 6.45) is 4.72. The zero-order valence-corrected chi connectivity index (χ0v) is 15.3. The first-order valence-corrected chi connectivity index (χ1v) is 9.45. The molecule has 0 saturated heterocycles. The maximum absolute atomic E-state index is 11.5. The molecular weight excluding hydrogens is 375 g/mol. The van der Waals surface area contributed by atoms with Crippen molar-refractivity contribution in [1.29, 1.82) is 0 Å². The summed E-state index contributed by atoms with van der Waals surface area (Å²) in [4.78, 5) is 4.37. The molecule has 24 heavy (non-hydrogen) atoms. The lowest BCUT2D eigenvalue weighted by Gasteiger charge is -2.17. The van der Waals surface area contributed by atoms with Crippen LogP contribution < -0.4 is 10.5 Å². The first-order valence-electron chi connectivity index (χ1n) is 7.18. The summed E-state index contributed by atoms with van der Waals surface area (Å²) in [5.41, 5.74) is 6.48. The fourth-order valence-corrected chi connectivity index (χ4v) is 3.50. The zero-order chi connectivity index (χ0) is 16.7. The van der Waals surface area contributed by atoms with Crippen LogP contribution in [0.3, 0.4) is 0 Å². The molecule has 0 amide bonds. The highest BCUT2D eigenvalue weighted by Gasteiger charge is 2.36. The molecule has 1 heterocycles. The Morgan fingerprint density at radius 3 is 2.62 bits per heavy atom. The maximum atomic E-state index is 11.5. The Balaban J connectivity index is 0.00000208. The van der Waals surface area contributed by atoms with E-state index in [2.05, 4.69) is 14.9 Å². The van der Waals surface area contributed by atoms with Gasteiger partial charge in [-0.1, -0.05) is 29.6 Å². The van der Waals surface area contributed by atoms with E-state index in [0.717, 1.165) is 31.9 Å². The molecule has 3 N–H and O–H groups in total. The first kappa shape index (κ1) is 19.0. The molecule has 0 atom stereocenters. The Hall–Kier alpha value is -1.35. The number of nitrogens with zero attached hydrogens (tertiary/aromatic N) is 2. The quantitative estimate of drug-likeness (QED) is 0.826. The number of anilines is 1. The second kappa shape index (κ2) is 6.87. The normalized spacial score (nSPS) is 16.6. The molecule has 0 bridgehead atoms. The van der Waals surface area contributed by atoms with Crippen molar-refractivity contribution in [2.24, 2.45) is 5.73 Å². The minimum Gasteiger partial charge on any atom is -0.334 e. The van der Waals surface area contributed by atoms with E-state index in [1.165, 1.54) is 0 Å². The van der Waals surface area contributed by atoms with Crippen molar-refractivity contribution in [3.05, 3.63) is 29.0 Å². The fraction of sp³-hybridized carbons (Fsp3) is 0.429. The SMILES string of the molecule is CS(=O)(=O)Nc1ccc(Cl)cc1-c1nc(C2(N)CCCC2)no1.Cl. The van der Waals surface area contributed by atoms with Crippen molar-refractivity contribution < 1.29 is 12.9 Å². The minimum absolute atomic E-state index is 0. The van der Waals surface area contributed by atoms with E-state index in [1.807, 2.05) is 0 Å². The van der Waals surface area contributed by atoms with E-state index < -0.39 is 15.6 Å². The molecule has 1 aliphatic carbocycles. The number of benzene rings is 1. The molecule has 3 rings (SSSR count). The number of hydrogen-bond acceptors (Lipinski definition) is 6. The highest BCUT2D eigenvalue weighted by molar-refractivity contribution is 7.92. The summed E-state index contributed by atoms with van der Waals surface area (Å²) in [6, 6.07) is 4.71. The Bertz CT molecular complexity index is 832. The van der Waals surface area contributed by atoms with Crippen LogP contribution in [-0.2, 0) is 15.6 Å². The molecular formula is C14H18Cl2N4O3S. The van der Waals surface area contributed by atoms with Crippen molar-refractivity contribution in [2.75, 3.05) is 11.0 Å². The van der Waals surface area contributed by atoms with Crippen LogP contribution in [0, 0.1) is 0 Å². The largest absolute Gasteiger partial charge is 0.334 e. The van der Waals surface area contributed by atoms with Crippen molar-refractivity contribution in [3.8, 4) is 11.5 Å². The van der Waals surface area contributed by atoms with Gasteiger partial charge in [0.1, 0.15) is 0 Å². The molecule has 7 nitrogen and oxygen atoms in total. The molecule has 0 spiro atoms. The Morgan fingerprint density at radius 2 is 2.00 bits per heavy atom. The second-order valence-corrected chi connectivity index (χ2v) is 8.04. The smallest absolute Gasteiger partial charge is 0.260 e. The molecule has 1 aromatic carbocycles. The number of hydrogen-bond donors (Lipinski definition) is 2. The summed E-state index contributed by atoms with van der Waals surface area (Å²) < 4.78 is 30.7. The Labute approximate surface area is 151 Å². The molecule has 0 unspecified atom stereocenters. The average Bonchev–Trinajstić information content (AvgIpc) is 3.09. The minimum atomic E-state index is -3.45. The van der Waals surface area contributed by atoms with Gasteiger partial charge in [-0.3, -0.25) is 4.72 Å². The lowest BCUT2D eigenvalue weighted by molar-refractivity contribution is 0.373. The van der Waals surface area contributed by atoms with Gasteiger partial charge in [-0.15, -0.1) is 12.4 Å². The van der Waals surface area contributed by atoms with E-state index in [1.54, 1.807) is 18.2 Å². The third-order valence-electron chi connectivity index (χ3n) is 3.87. The van der Waals surface area contributed by atoms with Gasteiger partial charge in [0.25, 0.3) is 5.89 Å². The average molecular weight is 393 g/mol. The number of rotatable bonds is 4. The lowest BCUT2D eigenvalue weighted by atomic mass is 9.98. The standard InChI is InChI=1S/C14H17ClN4O3S.ClH/c1-23(20,21)19-11-5-4-9(15)8-10(11)12-17-13(18-22-12)14(16)6-2-3-7-14;/h4-5,8,19H,2-3,6-7,16H2,1H3;1H. The van der Waals surface area contributed by atoms with Crippen molar-refractivity contribution in [1.82, 2.24) is 10.1 Å². The fourth-order valence-electron chi connectivity index (χ4n) is 2.75. The molecule has 2 aromatic rings. The summed E-state index contributed by atoms with van der Waals surface area (Å²) in [5, 5.41) is 4.41. The van der Waals surface area contributed by atoms with Gasteiger partial charge in [-0.25, -0.2) is 8.42 Å².